The molecule has 1 aliphatic rings. The van der Waals surface area contributed by atoms with E-state index in [0.717, 1.165) is 18.9 Å². The maximum atomic E-state index is 5.05. The summed E-state index contributed by atoms with van der Waals surface area (Å²) in [5.41, 5.74) is 0. The summed E-state index contributed by atoms with van der Waals surface area (Å²) in [6, 6.07) is 1.82. The first kappa shape index (κ1) is 12.1. The number of hydrogen-bond donors (Lipinski definition) is 1. The zero-order chi connectivity index (χ0) is 11.9. The standard InChI is InChI=1S/C12H20N4O/c1-17-12-9-11(14-10-15-12)13-5-8-16-6-3-2-4-7-16/h9-10H,2-8H2,1H3,(H,13,14,15). The topological polar surface area (TPSA) is 50.3 Å². The van der Waals surface area contributed by atoms with Crippen LogP contribution in [0.3, 0.4) is 0 Å². The molecule has 0 amide bonds. The first-order valence-electron chi connectivity index (χ1n) is 6.21. The van der Waals surface area contributed by atoms with Crippen molar-refractivity contribution in [3.8, 4) is 5.88 Å². The van der Waals surface area contributed by atoms with Crippen molar-refractivity contribution in [3.05, 3.63) is 12.4 Å². The minimum Gasteiger partial charge on any atom is -0.481 e. The zero-order valence-corrected chi connectivity index (χ0v) is 10.4. The molecule has 1 aliphatic heterocycles. The van der Waals surface area contributed by atoms with Gasteiger partial charge in [0, 0.05) is 19.2 Å². The second-order valence-electron chi connectivity index (χ2n) is 4.27. The van der Waals surface area contributed by atoms with Gasteiger partial charge in [-0.1, -0.05) is 6.42 Å². The molecule has 0 atom stereocenters. The van der Waals surface area contributed by atoms with E-state index >= 15 is 0 Å². The highest BCUT2D eigenvalue weighted by Gasteiger charge is 2.09. The largest absolute Gasteiger partial charge is 0.481 e. The Bertz CT molecular complexity index is 339. The number of ether oxygens (including phenoxy) is 1. The molecule has 0 aliphatic carbocycles. The van der Waals surface area contributed by atoms with Crippen molar-refractivity contribution in [1.29, 1.82) is 0 Å². The van der Waals surface area contributed by atoms with Crippen molar-refractivity contribution in [2.75, 3.05) is 38.6 Å². The van der Waals surface area contributed by atoms with E-state index in [9.17, 15) is 0 Å². The molecule has 2 rings (SSSR count). The molecule has 0 saturated carbocycles. The Labute approximate surface area is 102 Å². The van der Waals surface area contributed by atoms with E-state index in [1.54, 1.807) is 7.11 Å². The Hall–Kier alpha value is -1.36. The third-order valence-corrected chi connectivity index (χ3v) is 3.03. The zero-order valence-electron chi connectivity index (χ0n) is 10.4. The molecule has 0 radical (unpaired) electrons. The van der Waals surface area contributed by atoms with Gasteiger partial charge in [-0.15, -0.1) is 0 Å². The van der Waals surface area contributed by atoms with E-state index in [1.807, 2.05) is 6.07 Å². The molecule has 5 nitrogen and oxygen atoms in total. The number of methoxy groups -OCH3 is 1. The van der Waals surface area contributed by atoms with Crippen molar-refractivity contribution in [2.24, 2.45) is 0 Å². The minimum absolute atomic E-state index is 0.598. The van der Waals surface area contributed by atoms with E-state index < -0.39 is 0 Å². The fourth-order valence-electron chi connectivity index (χ4n) is 2.07. The number of likely N-dealkylation sites (tertiary alicyclic amines) is 1. The van der Waals surface area contributed by atoms with E-state index in [4.69, 9.17) is 4.74 Å². The number of nitrogens with zero attached hydrogens (tertiary/aromatic N) is 3. The number of anilines is 1. The van der Waals surface area contributed by atoms with Crippen LogP contribution >= 0.6 is 0 Å². The molecule has 5 heteroatoms. The smallest absolute Gasteiger partial charge is 0.218 e. The Morgan fingerprint density at radius 3 is 2.88 bits per heavy atom. The number of aromatic nitrogens is 2. The van der Waals surface area contributed by atoms with Crippen LogP contribution in [0.4, 0.5) is 5.82 Å². The highest BCUT2D eigenvalue weighted by Crippen LogP contribution is 2.10. The molecular formula is C12H20N4O. The molecule has 0 unspecified atom stereocenters. The summed E-state index contributed by atoms with van der Waals surface area (Å²) in [7, 11) is 1.61. The van der Waals surface area contributed by atoms with Gasteiger partial charge in [0.05, 0.1) is 7.11 Å². The van der Waals surface area contributed by atoms with Gasteiger partial charge < -0.3 is 15.0 Å². The van der Waals surface area contributed by atoms with Crippen LogP contribution in [-0.2, 0) is 0 Å². The maximum Gasteiger partial charge on any atom is 0.218 e. The Morgan fingerprint density at radius 2 is 2.12 bits per heavy atom. The predicted molar refractivity (Wildman–Crippen MR) is 67.4 cm³/mol. The molecular weight excluding hydrogens is 216 g/mol. The van der Waals surface area contributed by atoms with Gasteiger partial charge in [0.2, 0.25) is 5.88 Å². The monoisotopic (exact) mass is 236 g/mol. The quantitative estimate of drug-likeness (QED) is 0.837. The molecule has 0 bridgehead atoms. The average molecular weight is 236 g/mol. The normalized spacial score (nSPS) is 16.8. The molecule has 2 heterocycles. The van der Waals surface area contributed by atoms with Crippen LogP contribution in [0.25, 0.3) is 0 Å². The summed E-state index contributed by atoms with van der Waals surface area (Å²) < 4.78 is 5.05. The van der Waals surface area contributed by atoms with Crippen LogP contribution in [-0.4, -0.2) is 48.2 Å². The van der Waals surface area contributed by atoms with Crippen molar-refractivity contribution in [1.82, 2.24) is 14.9 Å². The molecule has 0 spiro atoms. The lowest BCUT2D eigenvalue weighted by Crippen LogP contribution is -2.33. The number of hydrogen-bond acceptors (Lipinski definition) is 5. The molecule has 0 aromatic carbocycles. The third kappa shape index (κ3) is 3.85. The Kier molecular flexibility index (Phi) is 4.55. The maximum absolute atomic E-state index is 5.05. The lowest BCUT2D eigenvalue weighted by atomic mass is 10.1. The van der Waals surface area contributed by atoms with Gasteiger partial charge in [0.25, 0.3) is 0 Å². The van der Waals surface area contributed by atoms with Crippen LogP contribution in [0.5, 0.6) is 5.88 Å². The van der Waals surface area contributed by atoms with Gasteiger partial charge in [-0.2, -0.15) is 0 Å². The lowest BCUT2D eigenvalue weighted by Gasteiger charge is -2.26. The molecule has 1 N–H and O–H groups in total. The Balaban J connectivity index is 1.73. The van der Waals surface area contributed by atoms with Crippen molar-refractivity contribution < 1.29 is 4.74 Å². The number of rotatable bonds is 5. The first-order chi connectivity index (χ1) is 8.38. The summed E-state index contributed by atoms with van der Waals surface area (Å²) in [5.74, 6) is 1.43. The fourth-order valence-corrected chi connectivity index (χ4v) is 2.07. The summed E-state index contributed by atoms with van der Waals surface area (Å²) in [5, 5.41) is 3.29. The number of piperidine rings is 1. The van der Waals surface area contributed by atoms with Crippen LogP contribution < -0.4 is 10.1 Å². The van der Waals surface area contributed by atoms with Gasteiger partial charge in [-0.05, 0) is 25.9 Å². The summed E-state index contributed by atoms with van der Waals surface area (Å²) in [6.45, 7) is 4.45. The molecule has 1 fully saturated rings. The average Bonchev–Trinajstić information content (AvgIpc) is 2.40. The SMILES string of the molecule is COc1cc(NCCN2CCCCC2)ncn1. The lowest BCUT2D eigenvalue weighted by molar-refractivity contribution is 0.237. The second-order valence-corrected chi connectivity index (χ2v) is 4.27. The molecule has 94 valence electrons. The van der Waals surface area contributed by atoms with Gasteiger partial charge >= 0.3 is 0 Å². The number of nitrogens with one attached hydrogen (secondary N) is 1. The summed E-state index contributed by atoms with van der Waals surface area (Å²) >= 11 is 0. The molecule has 1 aromatic heterocycles. The van der Waals surface area contributed by atoms with Gasteiger partial charge in [0.1, 0.15) is 12.1 Å². The van der Waals surface area contributed by atoms with Crippen molar-refractivity contribution in [3.63, 3.8) is 0 Å². The van der Waals surface area contributed by atoms with Gasteiger partial charge in [-0.25, -0.2) is 9.97 Å². The van der Waals surface area contributed by atoms with E-state index in [1.165, 1.54) is 38.7 Å². The van der Waals surface area contributed by atoms with Crippen LogP contribution in [0.1, 0.15) is 19.3 Å². The highest BCUT2D eigenvalue weighted by molar-refractivity contribution is 5.36. The molecule has 17 heavy (non-hydrogen) atoms. The van der Waals surface area contributed by atoms with Crippen LogP contribution in [0, 0.1) is 0 Å². The van der Waals surface area contributed by atoms with Gasteiger partial charge in [-0.3, -0.25) is 0 Å². The summed E-state index contributed by atoms with van der Waals surface area (Å²) in [4.78, 5) is 10.6. The van der Waals surface area contributed by atoms with E-state index in [0.29, 0.717) is 5.88 Å². The fraction of sp³-hybridized carbons (Fsp3) is 0.667. The van der Waals surface area contributed by atoms with E-state index in [-0.39, 0.29) is 0 Å². The second kappa shape index (κ2) is 6.39. The Morgan fingerprint density at radius 1 is 1.29 bits per heavy atom. The van der Waals surface area contributed by atoms with E-state index in [2.05, 4.69) is 20.2 Å². The van der Waals surface area contributed by atoms with Crippen LogP contribution in [0.2, 0.25) is 0 Å². The van der Waals surface area contributed by atoms with Crippen molar-refractivity contribution in [2.45, 2.75) is 19.3 Å². The molecule has 1 saturated heterocycles. The highest BCUT2D eigenvalue weighted by atomic mass is 16.5. The predicted octanol–water partition coefficient (Wildman–Crippen LogP) is 1.38. The summed E-state index contributed by atoms with van der Waals surface area (Å²) in [6.07, 6.45) is 5.57. The first-order valence-corrected chi connectivity index (χ1v) is 6.21. The van der Waals surface area contributed by atoms with Crippen LogP contribution in [0.15, 0.2) is 12.4 Å². The van der Waals surface area contributed by atoms with Crippen molar-refractivity contribution >= 4 is 5.82 Å². The van der Waals surface area contributed by atoms with Gasteiger partial charge in [0.15, 0.2) is 0 Å². The molecule has 1 aromatic rings. The minimum atomic E-state index is 0.598. The third-order valence-electron chi connectivity index (χ3n) is 3.03.